The summed E-state index contributed by atoms with van der Waals surface area (Å²) < 4.78 is 16.5. The van der Waals surface area contributed by atoms with Gasteiger partial charge in [-0.1, -0.05) is 38.5 Å². The zero-order chi connectivity index (χ0) is 23.1. The van der Waals surface area contributed by atoms with Crippen molar-refractivity contribution in [2.24, 2.45) is 29.1 Å². The topological polar surface area (TPSA) is 78.9 Å². The van der Waals surface area contributed by atoms with E-state index in [4.69, 9.17) is 14.2 Å². The predicted octanol–water partition coefficient (Wildman–Crippen LogP) is 5.01. The third-order valence-corrected chi connectivity index (χ3v) is 7.52. The van der Waals surface area contributed by atoms with Crippen LogP contribution in [0.1, 0.15) is 67.7 Å². The van der Waals surface area contributed by atoms with Gasteiger partial charge in [0.1, 0.15) is 6.10 Å². The highest BCUT2D eigenvalue weighted by Crippen LogP contribution is 2.62. The third-order valence-electron chi connectivity index (χ3n) is 7.52. The lowest BCUT2D eigenvalue weighted by atomic mass is 9.81. The first kappa shape index (κ1) is 23.6. The Morgan fingerprint density at radius 2 is 1.84 bits per heavy atom. The molecule has 0 amide bonds. The maximum Gasteiger partial charge on any atom is 0.508 e. The quantitative estimate of drug-likeness (QED) is 0.461. The molecule has 2 saturated carbocycles. The Labute approximate surface area is 185 Å². The molecule has 172 valence electrons. The van der Waals surface area contributed by atoms with Crippen molar-refractivity contribution in [3.05, 3.63) is 23.3 Å². The SMILES string of the molecule is CCOC(=O)O[C@H]1[C@@H](C)C[C@]2(OC(C)=O)C(=O)/C(C)=C/[C@@H]3[C@H](CC/C(C)=C\[C@@H]12)C3(C)C. The molecule has 0 N–H and O–H groups in total. The van der Waals surface area contributed by atoms with Crippen LogP contribution in [0.5, 0.6) is 0 Å². The molecule has 0 unspecified atom stereocenters. The van der Waals surface area contributed by atoms with Crippen LogP contribution in [0.3, 0.4) is 0 Å². The molecule has 3 aliphatic carbocycles. The Morgan fingerprint density at radius 1 is 1.16 bits per heavy atom. The zero-order valence-corrected chi connectivity index (χ0v) is 19.8. The minimum atomic E-state index is -1.39. The number of carbonyl (C=O) groups is 3. The molecule has 0 aromatic heterocycles. The zero-order valence-electron chi connectivity index (χ0n) is 19.8. The summed E-state index contributed by atoms with van der Waals surface area (Å²) in [7, 11) is 0. The average molecular weight is 433 g/mol. The van der Waals surface area contributed by atoms with Crippen molar-refractivity contribution < 1.29 is 28.6 Å². The molecule has 0 radical (unpaired) electrons. The van der Waals surface area contributed by atoms with E-state index in [9.17, 15) is 14.4 Å². The van der Waals surface area contributed by atoms with E-state index < -0.39 is 29.7 Å². The first-order chi connectivity index (χ1) is 14.4. The second-order valence-electron chi connectivity index (χ2n) is 10.1. The van der Waals surface area contributed by atoms with Crippen LogP contribution in [0.15, 0.2) is 23.3 Å². The molecule has 0 bridgehead atoms. The van der Waals surface area contributed by atoms with Crippen LogP contribution in [-0.4, -0.2) is 36.2 Å². The summed E-state index contributed by atoms with van der Waals surface area (Å²) in [5.41, 5.74) is 0.502. The Balaban J connectivity index is 2.09. The van der Waals surface area contributed by atoms with Crippen molar-refractivity contribution in [3.8, 4) is 0 Å². The fraction of sp³-hybridized carbons (Fsp3) is 0.720. The van der Waals surface area contributed by atoms with Crippen LogP contribution in [0.2, 0.25) is 0 Å². The molecule has 0 spiro atoms. The summed E-state index contributed by atoms with van der Waals surface area (Å²) in [4.78, 5) is 38.2. The lowest BCUT2D eigenvalue weighted by Gasteiger charge is -2.34. The Hall–Kier alpha value is -2.11. The second-order valence-corrected chi connectivity index (χ2v) is 10.1. The maximum absolute atomic E-state index is 13.9. The summed E-state index contributed by atoms with van der Waals surface area (Å²) in [5.74, 6) is -0.591. The number of esters is 1. The highest BCUT2D eigenvalue weighted by Gasteiger charge is 2.61. The van der Waals surface area contributed by atoms with Crippen LogP contribution in [0, 0.1) is 29.1 Å². The van der Waals surface area contributed by atoms with Gasteiger partial charge in [0.2, 0.25) is 5.78 Å². The second kappa shape index (κ2) is 8.44. The summed E-state index contributed by atoms with van der Waals surface area (Å²) in [6, 6.07) is 0. The molecular weight excluding hydrogens is 396 g/mol. The van der Waals surface area contributed by atoms with E-state index in [0.29, 0.717) is 23.8 Å². The van der Waals surface area contributed by atoms with Gasteiger partial charge in [0.25, 0.3) is 0 Å². The van der Waals surface area contributed by atoms with Crippen molar-refractivity contribution >= 4 is 17.9 Å². The van der Waals surface area contributed by atoms with Gasteiger partial charge in [0.15, 0.2) is 5.60 Å². The first-order valence-corrected chi connectivity index (χ1v) is 11.4. The predicted molar refractivity (Wildman–Crippen MR) is 116 cm³/mol. The van der Waals surface area contributed by atoms with Crippen molar-refractivity contribution in [1.29, 1.82) is 0 Å². The van der Waals surface area contributed by atoms with Crippen LogP contribution in [-0.2, 0) is 23.8 Å². The number of ketones is 1. The van der Waals surface area contributed by atoms with E-state index in [1.165, 1.54) is 6.92 Å². The van der Waals surface area contributed by atoms with E-state index in [-0.39, 0.29) is 23.7 Å². The molecule has 31 heavy (non-hydrogen) atoms. The number of allylic oxidation sites excluding steroid dienone is 2. The van der Waals surface area contributed by atoms with Gasteiger partial charge in [0, 0.05) is 13.3 Å². The van der Waals surface area contributed by atoms with Gasteiger partial charge in [-0.25, -0.2) is 4.79 Å². The number of hydrogen-bond acceptors (Lipinski definition) is 6. The van der Waals surface area contributed by atoms with Crippen molar-refractivity contribution in [3.63, 3.8) is 0 Å². The van der Waals surface area contributed by atoms with Crippen LogP contribution in [0.4, 0.5) is 4.79 Å². The molecule has 0 aromatic carbocycles. The van der Waals surface area contributed by atoms with E-state index in [1.807, 2.05) is 26.8 Å². The smallest absolute Gasteiger partial charge is 0.450 e. The fourth-order valence-electron chi connectivity index (χ4n) is 5.81. The Kier molecular flexibility index (Phi) is 6.41. The van der Waals surface area contributed by atoms with E-state index in [0.717, 1.165) is 18.4 Å². The lowest BCUT2D eigenvalue weighted by molar-refractivity contribution is -0.168. The minimum Gasteiger partial charge on any atom is -0.450 e. The maximum atomic E-state index is 13.9. The molecule has 0 aliphatic heterocycles. The largest absolute Gasteiger partial charge is 0.508 e. The highest BCUT2D eigenvalue weighted by atomic mass is 16.7. The molecule has 6 nitrogen and oxygen atoms in total. The minimum absolute atomic E-state index is 0.160. The summed E-state index contributed by atoms with van der Waals surface area (Å²) >= 11 is 0. The average Bonchev–Trinajstić information content (AvgIpc) is 3.08. The molecule has 3 rings (SSSR count). The molecule has 0 aromatic rings. The number of hydrogen-bond donors (Lipinski definition) is 0. The molecule has 6 atom stereocenters. The number of fused-ring (bicyclic) bond motifs is 2. The first-order valence-electron chi connectivity index (χ1n) is 11.4. The van der Waals surface area contributed by atoms with E-state index in [1.54, 1.807) is 6.92 Å². The Morgan fingerprint density at radius 3 is 2.45 bits per heavy atom. The molecule has 0 heterocycles. The Bertz CT molecular complexity index is 822. The van der Waals surface area contributed by atoms with Gasteiger partial charge in [-0.15, -0.1) is 0 Å². The van der Waals surface area contributed by atoms with E-state index in [2.05, 4.69) is 19.9 Å². The fourth-order valence-corrected chi connectivity index (χ4v) is 5.81. The normalized spacial score (nSPS) is 40.1. The van der Waals surface area contributed by atoms with Crippen molar-refractivity contribution in [2.45, 2.75) is 79.4 Å². The van der Waals surface area contributed by atoms with Crippen molar-refractivity contribution in [1.82, 2.24) is 0 Å². The van der Waals surface area contributed by atoms with E-state index >= 15 is 0 Å². The number of ether oxygens (including phenoxy) is 3. The van der Waals surface area contributed by atoms with Crippen molar-refractivity contribution in [2.75, 3.05) is 6.61 Å². The van der Waals surface area contributed by atoms with Gasteiger partial charge >= 0.3 is 12.1 Å². The van der Waals surface area contributed by atoms with Crippen LogP contribution < -0.4 is 0 Å². The molecule has 6 heteroatoms. The molecule has 2 fully saturated rings. The van der Waals surface area contributed by atoms with Gasteiger partial charge in [-0.2, -0.15) is 0 Å². The summed E-state index contributed by atoms with van der Waals surface area (Å²) in [6.07, 6.45) is 4.91. The monoisotopic (exact) mass is 432 g/mol. The van der Waals surface area contributed by atoms with Crippen LogP contribution >= 0.6 is 0 Å². The number of Topliss-reactive ketones (excluding diaryl/α,β-unsaturated/α-hetero) is 1. The molecular formula is C25H36O6. The molecule has 3 aliphatic rings. The summed E-state index contributed by atoms with van der Waals surface area (Å²) in [6.45, 7) is 13.5. The molecule has 0 saturated heterocycles. The number of carbonyl (C=O) groups excluding carboxylic acids is 3. The third kappa shape index (κ3) is 4.31. The van der Waals surface area contributed by atoms with Gasteiger partial charge in [-0.05, 0) is 62.4 Å². The highest BCUT2D eigenvalue weighted by molar-refractivity contribution is 6.03. The standard InChI is InChI=1S/C25H36O6/c1-8-29-23(28)30-21-16(4)13-25(31-17(5)26)20(21)11-14(2)9-10-18-19(24(18,6)7)12-15(3)22(25)27/h11-12,16,18-21H,8-10,13H2,1-7H3/b14-11-,15-12+/t16-,18-,19+,20-,21-,25+/m0/s1. The van der Waals surface area contributed by atoms with Crippen LogP contribution in [0.25, 0.3) is 0 Å². The van der Waals surface area contributed by atoms with Gasteiger partial charge in [-0.3, -0.25) is 9.59 Å². The lowest BCUT2D eigenvalue weighted by Crippen LogP contribution is -2.48. The summed E-state index contributed by atoms with van der Waals surface area (Å²) in [5, 5.41) is 0. The number of rotatable bonds is 3. The van der Waals surface area contributed by atoms with Gasteiger partial charge < -0.3 is 14.2 Å². The van der Waals surface area contributed by atoms with Gasteiger partial charge in [0.05, 0.1) is 12.5 Å².